The van der Waals surface area contributed by atoms with E-state index in [-0.39, 0.29) is 23.1 Å². The van der Waals surface area contributed by atoms with Crippen molar-refractivity contribution in [3.05, 3.63) is 6.42 Å². The van der Waals surface area contributed by atoms with Gasteiger partial charge < -0.3 is 25.7 Å². The third-order valence-corrected chi connectivity index (χ3v) is 14.6. The fourth-order valence-corrected chi connectivity index (χ4v) is 12.3. The van der Waals surface area contributed by atoms with Crippen molar-refractivity contribution in [1.82, 2.24) is 42.5 Å². The molecule has 4 aliphatic carbocycles. The summed E-state index contributed by atoms with van der Waals surface area (Å²) in [7, 11) is 1.63. The molecule has 12 nitrogen and oxygen atoms in total. The number of methoxy groups -OCH3 is 1. The molecule has 0 radical (unpaired) electrons. The summed E-state index contributed by atoms with van der Waals surface area (Å²) >= 11 is 0. The Labute approximate surface area is 323 Å². The van der Waals surface area contributed by atoms with Gasteiger partial charge in [0.1, 0.15) is 0 Å². The van der Waals surface area contributed by atoms with E-state index in [1.54, 1.807) is 7.11 Å². The summed E-state index contributed by atoms with van der Waals surface area (Å²) in [6.07, 6.45) is 26.4. The van der Waals surface area contributed by atoms with Gasteiger partial charge in [-0.1, -0.05) is 51.4 Å². The fraction of sp³-hybridized carbons (Fsp3) is 0.974. The zero-order valence-electron chi connectivity index (χ0n) is 31.7. The number of ether oxygens (including phenoxy) is 3. The van der Waals surface area contributed by atoms with Gasteiger partial charge in [-0.3, -0.25) is 42.5 Å². The quantitative estimate of drug-likeness (QED) is 0.101. The second-order valence-corrected chi connectivity index (χ2v) is 17.3. The van der Waals surface area contributed by atoms with Crippen molar-refractivity contribution in [2.45, 2.75) is 146 Å². The largest absolute Gasteiger partial charge is 0.394 e. The molecule has 0 aromatic heterocycles. The molecule has 16 atom stereocenters. The summed E-state index contributed by atoms with van der Waals surface area (Å²) < 4.78 is 14.8. The van der Waals surface area contributed by atoms with Crippen molar-refractivity contribution in [2.24, 2.45) is 47.3 Å². The molecule has 9 rings (SSSR count). The van der Waals surface area contributed by atoms with Gasteiger partial charge >= 0.3 is 0 Å². The van der Waals surface area contributed by atoms with Crippen LogP contribution in [0, 0.1) is 53.8 Å². The molecule has 5 heterocycles. The number of aliphatic hydroxyl groups excluding tert-OH is 1. The van der Waals surface area contributed by atoms with Gasteiger partial charge in [-0.15, -0.1) is 5.92 Å². The predicted molar refractivity (Wildman–Crippen MR) is 197 cm³/mol. The van der Waals surface area contributed by atoms with Crippen LogP contribution in [0.25, 0.3) is 0 Å². The van der Waals surface area contributed by atoms with Crippen molar-refractivity contribution < 1.29 is 35.8 Å². The van der Waals surface area contributed by atoms with Crippen molar-refractivity contribution in [1.29, 1.82) is 0 Å². The van der Waals surface area contributed by atoms with Crippen molar-refractivity contribution in [3.63, 3.8) is 0 Å². The van der Waals surface area contributed by atoms with Gasteiger partial charge in [0.25, 0.3) is 0 Å². The van der Waals surface area contributed by atoms with Crippen LogP contribution in [0.15, 0.2) is 0 Å². The summed E-state index contributed by atoms with van der Waals surface area (Å²) in [5, 5.41) is 42.0. The van der Waals surface area contributed by atoms with Gasteiger partial charge in [-0.05, 0) is 80.0 Å². The van der Waals surface area contributed by atoms with Crippen LogP contribution < -0.4 is 42.5 Å². The van der Waals surface area contributed by atoms with Crippen LogP contribution in [0.3, 0.4) is 0 Å². The first-order chi connectivity index (χ1) is 25.2. The van der Waals surface area contributed by atoms with E-state index in [2.05, 4.69) is 49.0 Å². The van der Waals surface area contributed by atoms with Crippen molar-refractivity contribution in [3.8, 4) is 0 Å². The van der Waals surface area contributed by atoms with E-state index in [4.69, 9.17) is 19.3 Å². The third kappa shape index (κ3) is 8.93. The zero-order valence-corrected chi connectivity index (χ0v) is 32.6. The van der Waals surface area contributed by atoms with Crippen molar-refractivity contribution >= 4 is 0 Å². The monoisotopic (exact) mass is 773 g/mol. The maximum absolute atomic E-state index is 8.32. The van der Waals surface area contributed by atoms with Gasteiger partial charge in [0.15, 0.2) is 0 Å². The minimum Gasteiger partial charge on any atom is -0.394 e. The molecule has 9 fully saturated rings. The van der Waals surface area contributed by atoms with E-state index in [1.165, 1.54) is 96.3 Å². The van der Waals surface area contributed by atoms with Gasteiger partial charge in [0, 0.05) is 29.8 Å². The second-order valence-electron chi connectivity index (χ2n) is 17.3. The van der Waals surface area contributed by atoms with Gasteiger partial charge in [0.2, 0.25) is 0 Å². The van der Waals surface area contributed by atoms with E-state index in [1.807, 2.05) is 0 Å². The molecule has 5 aliphatic heterocycles. The second kappa shape index (κ2) is 19.4. The van der Waals surface area contributed by atoms with Crippen LogP contribution in [0.2, 0.25) is 0 Å². The molecule has 9 aliphatic rings. The normalized spacial score (nSPS) is 46.5. The molecule has 0 spiro atoms. The average molecular weight is 775 g/mol. The number of nitrogens with one attached hydrogen (secondary N) is 8. The van der Waals surface area contributed by atoms with Gasteiger partial charge in [0.05, 0.1) is 82.8 Å². The molecule has 9 N–H and O–H groups in total. The Bertz CT molecular complexity index is 869. The Morgan fingerprint density at radius 2 is 0.769 bits per heavy atom. The topological polar surface area (TPSA) is 144 Å². The standard InChI is InChI=1S/C32H55N8.C7H16O4.Ni/c1-2-10-18-17(9-1)25-33-26(18)38-28-21-13-5-6-14-22(21)30(35-28)40-32-24-16-8-7-15-23(24)31(36-32)39-29-20-12-4-3-11-19(20)27(34-29)37-25;1-9-4-5-11-7-6-10-3-2-8;/h9,17-40H,1-8,10-16H2;8H,2-7H2,1H3;/q-1;;. The van der Waals surface area contributed by atoms with Gasteiger partial charge in [-0.2, -0.15) is 6.42 Å². The molecule has 52 heavy (non-hydrogen) atoms. The summed E-state index contributed by atoms with van der Waals surface area (Å²) in [6, 6.07) is 0. The molecule has 5 saturated heterocycles. The maximum Gasteiger partial charge on any atom is 0.0701 e. The first-order valence-corrected chi connectivity index (χ1v) is 21.4. The molecular formula is C39H71N8NiO4-. The van der Waals surface area contributed by atoms with E-state index in [9.17, 15) is 0 Å². The number of aliphatic hydroxyl groups is 1. The van der Waals surface area contributed by atoms with E-state index in [0.717, 1.165) is 35.5 Å². The maximum atomic E-state index is 8.32. The van der Waals surface area contributed by atoms with Gasteiger partial charge in [-0.25, -0.2) is 0 Å². The predicted octanol–water partition coefficient (Wildman–Crippen LogP) is 2.08. The molecule has 0 aromatic carbocycles. The Balaban J connectivity index is 0.000000308. The summed E-state index contributed by atoms with van der Waals surface area (Å²) in [5.74, 6) is 5.74. The number of hydrogen-bond acceptors (Lipinski definition) is 12. The molecular weight excluding hydrogens is 703 g/mol. The summed E-state index contributed by atoms with van der Waals surface area (Å²) in [4.78, 5) is 0. The Morgan fingerprint density at radius 1 is 0.442 bits per heavy atom. The molecule has 13 heteroatoms. The summed E-state index contributed by atoms with van der Waals surface area (Å²) in [5.41, 5.74) is 0. The van der Waals surface area contributed by atoms with Crippen LogP contribution in [0.5, 0.6) is 0 Å². The van der Waals surface area contributed by atoms with Crippen LogP contribution in [-0.4, -0.2) is 101 Å². The first kappa shape index (κ1) is 40.2. The van der Waals surface area contributed by atoms with Crippen LogP contribution in [0.4, 0.5) is 0 Å². The molecule has 4 saturated carbocycles. The first-order valence-electron chi connectivity index (χ1n) is 21.4. The van der Waals surface area contributed by atoms with E-state index >= 15 is 0 Å². The third-order valence-electron chi connectivity index (χ3n) is 14.6. The molecule has 302 valence electrons. The number of fused-ring (bicyclic) bond motifs is 20. The SMILES string of the molecule is COCCOCCOCCO.[CH-]1CCCC2C3NC(NC4NC(NC5NC(NC6NC(N3)C3CCCCC63)C3CCCCC53)C3CCCCC43)C12.[Ni]. The number of rotatable bonds is 8. The van der Waals surface area contributed by atoms with Crippen LogP contribution in [0.1, 0.15) is 96.3 Å². The Hall–Kier alpha value is 0.0135. The Kier molecular flexibility index (Phi) is 15.0. The molecule has 0 aromatic rings. The molecule has 8 bridgehead atoms. The van der Waals surface area contributed by atoms with E-state index in [0.29, 0.717) is 94.2 Å². The minimum absolute atomic E-state index is 0. The minimum atomic E-state index is 0. The average Bonchev–Trinajstić information content (AvgIpc) is 3.91. The number of hydrogen-bond donors (Lipinski definition) is 9. The Morgan fingerprint density at radius 3 is 1.15 bits per heavy atom. The summed E-state index contributed by atoms with van der Waals surface area (Å²) in [6.45, 7) is 2.75. The smallest absolute Gasteiger partial charge is 0.0701 e. The van der Waals surface area contributed by atoms with Crippen LogP contribution in [-0.2, 0) is 30.7 Å². The zero-order chi connectivity index (χ0) is 34.6. The fourth-order valence-electron chi connectivity index (χ4n) is 12.3. The van der Waals surface area contributed by atoms with Crippen molar-refractivity contribution in [2.75, 3.05) is 46.8 Å². The van der Waals surface area contributed by atoms with E-state index < -0.39 is 0 Å². The van der Waals surface area contributed by atoms with Crippen LogP contribution >= 0.6 is 0 Å². The molecule has 0 amide bonds. The molecule has 16 unspecified atom stereocenters.